The molecular formula is C27H18ClF4N2O6-. The number of carboxylic acids is 1. The van der Waals surface area contributed by atoms with Gasteiger partial charge in [0.05, 0.1) is 22.6 Å². The lowest BCUT2D eigenvalue weighted by atomic mass is 10.2. The third kappa shape index (κ3) is 5.22. The highest BCUT2D eigenvalue weighted by Crippen LogP contribution is 2.42. The van der Waals surface area contributed by atoms with Crippen LogP contribution in [0, 0.1) is 12.7 Å². The van der Waals surface area contributed by atoms with Gasteiger partial charge in [-0.2, -0.15) is 0 Å². The van der Waals surface area contributed by atoms with E-state index in [4.69, 9.17) is 25.6 Å². The van der Waals surface area contributed by atoms with E-state index in [1.807, 2.05) is 0 Å². The first kappa shape index (κ1) is 27.1. The lowest BCUT2D eigenvalue weighted by Crippen LogP contribution is -2.39. The highest BCUT2D eigenvalue weighted by molar-refractivity contribution is 6.31. The minimum atomic E-state index is -4.96. The fourth-order valence-corrected chi connectivity index (χ4v) is 4.40. The third-order valence-electron chi connectivity index (χ3n) is 6.00. The number of nitrogens with zero attached hydrogens (tertiary/aromatic N) is 2. The fourth-order valence-electron chi connectivity index (χ4n) is 4.23. The summed E-state index contributed by atoms with van der Waals surface area (Å²) in [5.74, 6) is -2.94. The molecule has 0 radical (unpaired) electrons. The molecule has 2 heterocycles. The van der Waals surface area contributed by atoms with Gasteiger partial charge in [-0.25, -0.2) is 4.39 Å². The monoisotopic (exact) mass is 577 g/mol. The quantitative estimate of drug-likeness (QED) is 0.195. The summed E-state index contributed by atoms with van der Waals surface area (Å²) in [6.07, 6.45) is -6.17. The summed E-state index contributed by atoms with van der Waals surface area (Å²) in [7, 11) is 0. The molecule has 0 spiro atoms. The number of benzene rings is 3. The zero-order valence-corrected chi connectivity index (χ0v) is 21.5. The van der Waals surface area contributed by atoms with Crippen molar-refractivity contribution in [2.45, 2.75) is 32.7 Å². The molecule has 2 aromatic heterocycles. The van der Waals surface area contributed by atoms with Gasteiger partial charge >= 0.3 is 6.36 Å². The van der Waals surface area contributed by atoms with Gasteiger partial charge in [0.25, 0.3) is 0 Å². The largest absolute Gasteiger partial charge is 0.573 e. The average Bonchev–Trinajstić information content (AvgIpc) is 3.40. The first-order valence-corrected chi connectivity index (χ1v) is 12.1. The van der Waals surface area contributed by atoms with Crippen molar-refractivity contribution >= 4 is 39.4 Å². The SMILES string of the molecule is CC[C@H](Oc1ccc(F)c(Oc2c(C)n(-c3noc4cc(Cl)ccc34)c3ccc(OC(F)(F)F)cc23)c1)C(=O)[O-]. The number of carbonyl (C=O) groups excluding carboxylic acids is 1. The van der Waals surface area contributed by atoms with E-state index in [-0.39, 0.29) is 34.9 Å². The standard InChI is InChI=1S/C27H19ClF4N2O6/c1-3-21(26(35)36)37-15-5-8-19(29)23(12-15)38-24-13(2)34(25-17-7-4-14(28)10-22(17)40-33-25)20-9-6-16(11-18(20)24)39-27(30,31)32/h4-12,21H,3H2,1-2H3,(H,35,36)/p-1/t21-/m0/s1. The number of ether oxygens (including phenoxy) is 3. The molecule has 0 aliphatic rings. The number of hydrogen-bond donors (Lipinski definition) is 0. The minimum absolute atomic E-state index is 0.0178. The number of fused-ring (bicyclic) bond motifs is 2. The van der Waals surface area contributed by atoms with Crippen molar-refractivity contribution in [1.82, 2.24) is 9.72 Å². The van der Waals surface area contributed by atoms with E-state index in [9.17, 15) is 27.5 Å². The predicted molar refractivity (Wildman–Crippen MR) is 133 cm³/mol. The number of alkyl halides is 3. The molecule has 5 rings (SSSR count). The maximum Gasteiger partial charge on any atom is 0.573 e. The Bertz CT molecular complexity index is 1750. The number of carboxylic acid groups (broad SMARTS) is 1. The van der Waals surface area contributed by atoms with Crippen LogP contribution in [0.1, 0.15) is 19.0 Å². The predicted octanol–water partition coefficient (Wildman–Crippen LogP) is 6.47. The van der Waals surface area contributed by atoms with Gasteiger partial charge in [0.2, 0.25) is 0 Å². The molecule has 0 saturated carbocycles. The van der Waals surface area contributed by atoms with Crippen molar-refractivity contribution in [3.05, 3.63) is 71.1 Å². The fraction of sp³-hybridized carbons (Fsp3) is 0.185. The maximum absolute atomic E-state index is 14.9. The smallest absolute Gasteiger partial charge is 0.546 e. The second-order valence-corrected chi connectivity index (χ2v) is 9.09. The van der Waals surface area contributed by atoms with Gasteiger partial charge < -0.3 is 28.6 Å². The molecule has 0 aliphatic carbocycles. The van der Waals surface area contributed by atoms with Crippen LogP contribution in [0.2, 0.25) is 5.02 Å². The molecule has 1 atom stereocenters. The first-order chi connectivity index (χ1) is 18.9. The summed E-state index contributed by atoms with van der Waals surface area (Å²) in [6.45, 7) is 3.17. The van der Waals surface area contributed by atoms with E-state index < -0.39 is 30.0 Å². The zero-order chi connectivity index (χ0) is 28.8. The molecular weight excluding hydrogens is 560 g/mol. The third-order valence-corrected chi connectivity index (χ3v) is 6.24. The lowest BCUT2D eigenvalue weighted by Gasteiger charge is -2.19. The Morgan fingerprint density at radius 3 is 2.55 bits per heavy atom. The highest BCUT2D eigenvalue weighted by atomic mass is 35.5. The summed E-state index contributed by atoms with van der Waals surface area (Å²) >= 11 is 6.05. The van der Waals surface area contributed by atoms with Gasteiger partial charge in [-0.3, -0.25) is 4.57 Å². The van der Waals surface area contributed by atoms with Gasteiger partial charge in [0, 0.05) is 22.5 Å². The van der Waals surface area contributed by atoms with Crippen molar-refractivity contribution in [3.63, 3.8) is 0 Å². The average molecular weight is 578 g/mol. The molecule has 0 unspecified atom stereocenters. The summed E-state index contributed by atoms with van der Waals surface area (Å²) in [4.78, 5) is 11.3. The molecule has 5 aromatic rings. The van der Waals surface area contributed by atoms with Crippen molar-refractivity contribution in [2.24, 2.45) is 0 Å². The molecule has 0 bridgehead atoms. The van der Waals surface area contributed by atoms with Crippen molar-refractivity contribution in [1.29, 1.82) is 0 Å². The molecule has 8 nitrogen and oxygen atoms in total. The summed E-state index contributed by atoms with van der Waals surface area (Å²) < 4.78 is 76.2. The van der Waals surface area contributed by atoms with Crippen LogP contribution in [0.4, 0.5) is 17.6 Å². The second kappa shape index (κ2) is 10.3. The number of rotatable bonds is 8. The maximum atomic E-state index is 14.9. The van der Waals surface area contributed by atoms with E-state index >= 15 is 0 Å². The van der Waals surface area contributed by atoms with Crippen LogP contribution < -0.4 is 19.3 Å². The van der Waals surface area contributed by atoms with Crippen molar-refractivity contribution in [3.8, 4) is 28.8 Å². The van der Waals surface area contributed by atoms with Gasteiger partial charge in [0.15, 0.2) is 28.7 Å². The number of aliphatic carboxylic acids is 1. The summed E-state index contributed by atoms with van der Waals surface area (Å²) in [5, 5.41) is 16.5. The number of carbonyl (C=O) groups is 1. The number of hydrogen-bond acceptors (Lipinski definition) is 7. The summed E-state index contributed by atoms with van der Waals surface area (Å²) in [6, 6.07) is 11.8. The molecule has 0 aliphatic heterocycles. The van der Waals surface area contributed by atoms with Crippen LogP contribution in [0.5, 0.6) is 23.0 Å². The molecule has 13 heteroatoms. The van der Waals surface area contributed by atoms with Crippen LogP contribution >= 0.6 is 11.6 Å². The Morgan fingerprint density at radius 2 is 1.85 bits per heavy atom. The lowest BCUT2D eigenvalue weighted by molar-refractivity contribution is -0.313. The second-order valence-electron chi connectivity index (χ2n) is 8.65. The van der Waals surface area contributed by atoms with Crippen molar-refractivity contribution in [2.75, 3.05) is 0 Å². The van der Waals surface area contributed by atoms with Gasteiger partial charge in [-0.1, -0.05) is 23.7 Å². The number of aromatic nitrogens is 2. The zero-order valence-electron chi connectivity index (χ0n) is 20.7. The van der Waals surface area contributed by atoms with Crippen LogP contribution in [0.15, 0.2) is 59.1 Å². The molecule has 208 valence electrons. The van der Waals surface area contributed by atoms with Gasteiger partial charge in [-0.15, -0.1) is 13.2 Å². The highest BCUT2D eigenvalue weighted by Gasteiger charge is 2.32. The van der Waals surface area contributed by atoms with Crippen LogP contribution in [-0.4, -0.2) is 28.2 Å². The van der Waals surface area contributed by atoms with Gasteiger partial charge in [-0.05, 0) is 55.8 Å². The first-order valence-electron chi connectivity index (χ1n) is 11.8. The Balaban J connectivity index is 1.66. The normalized spacial score (nSPS) is 12.6. The van der Waals surface area contributed by atoms with Crippen LogP contribution in [0.3, 0.4) is 0 Å². The molecule has 3 aromatic carbocycles. The Morgan fingerprint density at radius 1 is 1.10 bits per heavy atom. The molecule has 0 saturated heterocycles. The van der Waals surface area contributed by atoms with E-state index in [1.165, 1.54) is 12.1 Å². The van der Waals surface area contributed by atoms with Crippen molar-refractivity contribution < 1.29 is 46.2 Å². The topological polar surface area (TPSA) is 98.8 Å². The van der Waals surface area contributed by atoms with E-state index in [0.717, 1.165) is 24.3 Å². The molecule has 40 heavy (non-hydrogen) atoms. The van der Waals surface area contributed by atoms with E-state index in [0.29, 0.717) is 27.2 Å². The van der Waals surface area contributed by atoms with Crippen LogP contribution in [-0.2, 0) is 4.79 Å². The Labute approximate surface area is 228 Å². The Kier molecular flexibility index (Phi) is 6.96. The molecule has 0 fully saturated rings. The summed E-state index contributed by atoms with van der Waals surface area (Å²) in [5.41, 5.74) is 1.04. The minimum Gasteiger partial charge on any atom is -0.546 e. The van der Waals surface area contributed by atoms with Gasteiger partial charge in [0.1, 0.15) is 17.6 Å². The molecule has 0 amide bonds. The van der Waals surface area contributed by atoms with E-state index in [2.05, 4.69) is 9.89 Å². The molecule has 0 N–H and O–H groups in total. The number of halogens is 5. The van der Waals surface area contributed by atoms with E-state index in [1.54, 1.807) is 36.6 Å². The van der Waals surface area contributed by atoms with Crippen LogP contribution in [0.25, 0.3) is 27.7 Å². The Hall–Kier alpha value is -4.45.